The zero-order valence-electron chi connectivity index (χ0n) is 9.87. The molecule has 14 heavy (non-hydrogen) atoms. The summed E-state index contributed by atoms with van der Waals surface area (Å²) in [5, 5.41) is 0. The fourth-order valence-corrected chi connectivity index (χ4v) is 2.20. The predicted molar refractivity (Wildman–Crippen MR) is 61.4 cm³/mol. The van der Waals surface area contributed by atoms with E-state index >= 15 is 0 Å². The molecule has 1 rings (SSSR count). The summed E-state index contributed by atoms with van der Waals surface area (Å²) in [7, 11) is 0. The van der Waals surface area contributed by atoms with E-state index in [0.717, 1.165) is 19.0 Å². The second-order valence-corrected chi connectivity index (χ2v) is 4.83. The standard InChI is InChI=1S/C11H25N3/c1-10(2)8-14-7-6-13(5-4-12)9-11(14)3/h10-11H,4-9,12H2,1-3H3/t11-/m0/s1. The molecule has 0 amide bonds. The van der Waals surface area contributed by atoms with Gasteiger partial charge < -0.3 is 5.73 Å². The minimum absolute atomic E-state index is 0.692. The van der Waals surface area contributed by atoms with Gasteiger partial charge in [-0.2, -0.15) is 0 Å². The van der Waals surface area contributed by atoms with Crippen LogP contribution >= 0.6 is 0 Å². The smallest absolute Gasteiger partial charge is 0.0195 e. The van der Waals surface area contributed by atoms with Gasteiger partial charge in [-0.05, 0) is 12.8 Å². The summed E-state index contributed by atoms with van der Waals surface area (Å²) in [5.41, 5.74) is 5.56. The molecule has 0 aromatic heterocycles. The molecule has 1 saturated heterocycles. The summed E-state index contributed by atoms with van der Waals surface area (Å²) < 4.78 is 0. The number of nitrogens with zero attached hydrogens (tertiary/aromatic N) is 2. The summed E-state index contributed by atoms with van der Waals surface area (Å²) in [6, 6.07) is 0.692. The Labute approximate surface area is 88.2 Å². The molecule has 0 aromatic carbocycles. The number of hydrogen-bond donors (Lipinski definition) is 1. The Morgan fingerprint density at radius 2 is 2.07 bits per heavy atom. The van der Waals surface area contributed by atoms with E-state index in [1.807, 2.05) is 0 Å². The Hall–Kier alpha value is -0.120. The van der Waals surface area contributed by atoms with Gasteiger partial charge in [-0.3, -0.25) is 9.80 Å². The predicted octanol–water partition coefficient (Wildman–Crippen LogP) is 0.607. The van der Waals surface area contributed by atoms with Crippen molar-refractivity contribution in [2.75, 3.05) is 39.3 Å². The van der Waals surface area contributed by atoms with Gasteiger partial charge in [-0.15, -0.1) is 0 Å². The maximum Gasteiger partial charge on any atom is 0.0195 e. The van der Waals surface area contributed by atoms with E-state index in [0.29, 0.717) is 6.04 Å². The highest BCUT2D eigenvalue weighted by molar-refractivity contribution is 4.79. The SMILES string of the molecule is CC(C)CN1CCN(CCN)C[C@@H]1C. The van der Waals surface area contributed by atoms with Crippen molar-refractivity contribution in [1.82, 2.24) is 9.80 Å². The van der Waals surface area contributed by atoms with Gasteiger partial charge in [0.1, 0.15) is 0 Å². The molecular formula is C11H25N3. The molecule has 1 atom stereocenters. The van der Waals surface area contributed by atoms with Gasteiger partial charge in [0.2, 0.25) is 0 Å². The van der Waals surface area contributed by atoms with Crippen LogP contribution < -0.4 is 5.73 Å². The van der Waals surface area contributed by atoms with Crippen LogP contribution in [-0.2, 0) is 0 Å². The fraction of sp³-hybridized carbons (Fsp3) is 1.00. The van der Waals surface area contributed by atoms with Crippen LogP contribution in [0.1, 0.15) is 20.8 Å². The summed E-state index contributed by atoms with van der Waals surface area (Å²) >= 11 is 0. The van der Waals surface area contributed by atoms with Crippen molar-refractivity contribution in [2.24, 2.45) is 11.7 Å². The van der Waals surface area contributed by atoms with Gasteiger partial charge in [0.15, 0.2) is 0 Å². The van der Waals surface area contributed by atoms with Crippen molar-refractivity contribution in [3.05, 3.63) is 0 Å². The first kappa shape index (κ1) is 12.0. The van der Waals surface area contributed by atoms with E-state index in [1.165, 1.54) is 26.2 Å². The maximum absolute atomic E-state index is 5.56. The zero-order valence-corrected chi connectivity index (χ0v) is 9.87. The van der Waals surface area contributed by atoms with Crippen molar-refractivity contribution in [1.29, 1.82) is 0 Å². The molecule has 0 saturated carbocycles. The molecule has 3 nitrogen and oxygen atoms in total. The minimum atomic E-state index is 0.692. The number of hydrogen-bond acceptors (Lipinski definition) is 3. The number of piperazine rings is 1. The number of nitrogens with two attached hydrogens (primary N) is 1. The van der Waals surface area contributed by atoms with E-state index in [1.54, 1.807) is 0 Å². The highest BCUT2D eigenvalue weighted by Gasteiger charge is 2.23. The first-order chi connectivity index (χ1) is 6.63. The molecule has 1 aliphatic rings. The molecule has 0 spiro atoms. The topological polar surface area (TPSA) is 32.5 Å². The van der Waals surface area contributed by atoms with Gasteiger partial charge in [0.25, 0.3) is 0 Å². The Morgan fingerprint density at radius 3 is 2.57 bits per heavy atom. The van der Waals surface area contributed by atoms with Crippen molar-refractivity contribution >= 4 is 0 Å². The van der Waals surface area contributed by atoms with Crippen LogP contribution in [0.25, 0.3) is 0 Å². The first-order valence-corrected chi connectivity index (χ1v) is 5.80. The fourth-order valence-electron chi connectivity index (χ4n) is 2.20. The molecule has 0 bridgehead atoms. The summed E-state index contributed by atoms with van der Waals surface area (Å²) in [4.78, 5) is 5.07. The molecule has 84 valence electrons. The van der Waals surface area contributed by atoms with Crippen LogP contribution in [-0.4, -0.2) is 55.1 Å². The van der Waals surface area contributed by atoms with Crippen molar-refractivity contribution in [2.45, 2.75) is 26.8 Å². The first-order valence-electron chi connectivity index (χ1n) is 5.80. The Kier molecular flexibility index (Phi) is 4.85. The van der Waals surface area contributed by atoms with E-state index in [2.05, 4.69) is 30.6 Å². The van der Waals surface area contributed by atoms with Gasteiger partial charge in [0.05, 0.1) is 0 Å². The van der Waals surface area contributed by atoms with Crippen molar-refractivity contribution in [3.63, 3.8) is 0 Å². The van der Waals surface area contributed by atoms with E-state index in [-0.39, 0.29) is 0 Å². The van der Waals surface area contributed by atoms with Gasteiger partial charge in [-0.1, -0.05) is 13.8 Å². The van der Waals surface area contributed by atoms with Crippen LogP contribution in [0.4, 0.5) is 0 Å². The minimum Gasteiger partial charge on any atom is -0.329 e. The lowest BCUT2D eigenvalue weighted by atomic mass is 10.1. The molecule has 0 unspecified atom stereocenters. The highest BCUT2D eigenvalue weighted by atomic mass is 15.3. The van der Waals surface area contributed by atoms with E-state index in [4.69, 9.17) is 5.73 Å². The molecule has 1 fully saturated rings. The Morgan fingerprint density at radius 1 is 1.36 bits per heavy atom. The monoisotopic (exact) mass is 199 g/mol. The summed E-state index contributed by atoms with van der Waals surface area (Å²) in [6.07, 6.45) is 0. The lowest BCUT2D eigenvalue weighted by Crippen LogP contribution is -2.53. The van der Waals surface area contributed by atoms with Gasteiger partial charge in [-0.25, -0.2) is 0 Å². The zero-order chi connectivity index (χ0) is 10.6. The molecule has 0 radical (unpaired) electrons. The molecule has 1 heterocycles. The third-order valence-corrected chi connectivity index (χ3v) is 2.89. The lowest BCUT2D eigenvalue weighted by molar-refractivity contribution is 0.0763. The lowest BCUT2D eigenvalue weighted by Gasteiger charge is -2.40. The molecular weight excluding hydrogens is 174 g/mol. The number of rotatable bonds is 4. The molecule has 0 aromatic rings. The molecule has 3 heteroatoms. The van der Waals surface area contributed by atoms with E-state index < -0.39 is 0 Å². The second-order valence-electron chi connectivity index (χ2n) is 4.83. The largest absolute Gasteiger partial charge is 0.329 e. The third kappa shape index (κ3) is 3.56. The quantitative estimate of drug-likeness (QED) is 0.720. The van der Waals surface area contributed by atoms with Crippen LogP contribution in [0, 0.1) is 5.92 Å². The van der Waals surface area contributed by atoms with Crippen molar-refractivity contribution in [3.8, 4) is 0 Å². The average Bonchev–Trinajstić information content (AvgIpc) is 2.10. The maximum atomic E-state index is 5.56. The highest BCUT2D eigenvalue weighted by Crippen LogP contribution is 2.11. The van der Waals surface area contributed by atoms with Crippen LogP contribution in [0.3, 0.4) is 0 Å². The summed E-state index contributed by atoms with van der Waals surface area (Å²) in [5.74, 6) is 0.776. The average molecular weight is 199 g/mol. The third-order valence-electron chi connectivity index (χ3n) is 2.89. The summed E-state index contributed by atoms with van der Waals surface area (Å²) in [6.45, 7) is 13.6. The molecule has 2 N–H and O–H groups in total. The van der Waals surface area contributed by atoms with Gasteiger partial charge in [0, 0.05) is 45.3 Å². The second kappa shape index (κ2) is 5.69. The van der Waals surface area contributed by atoms with Crippen LogP contribution in [0.15, 0.2) is 0 Å². The van der Waals surface area contributed by atoms with Crippen molar-refractivity contribution < 1.29 is 0 Å². The van der Waals surface area contributed by atoms with Crippen LogP contribution in [0.2, 0.25) is 0 Å². The Bertz CT molecular complexity index is 159. The normalized spacial score (nSPS) is 25.9. The molecule has 0 aliphatic carbocycles. The van der Waals surface area contributed by atoms with Gasteiger partial charge >= 0.3 is 0 Å². The van der Waals surface area contributed by atoms with Crippen LogP contribution in [0.5, 0.6) is 0 Å². The molecule has 1 aliphatic heterocycles. The Balaban J connectivity index is 2.32. The van der Waals surface area contributed by atoms with E-state index in [9.17, 15) is 0 Å².